The van der Waals surface area contributed by atoms with E-state index in [0.29, 0.717) is 15.6 Å². The molecule has 2 aromatic carbocycles. The first-order valence-corrected chi connectivity index (χ1v) is 9.76. The van der Waals surface area contributed by atoms with E-state index in [1.54, 1.807) is 18.2 Å². The molecule has 2 aromatic rings. The molecule has 0 aliphatic carbocycles. The van der Waals surface area contributed by atoms with Crippen molar-refractivity contribution < 1.29 is 8.42 Å². The average molecular weight is 417 g/mol. The summed E-state index contributed by atoms with van der Waals surface area (Å²) in [6.07, 6.45) is 0. The molecule has 3 nitrogen and oxygen atoms in total. The standard InChI is InChI=1S/C17H19BrClNO2S/c1-9-10(2)12(4)17(13(5)11(9)3)23(21,22)20-14-6-7-15(18)16(19)8-14/h6-8,20H,1-5H3. The molecule has 0 heterocycles. The minimum Gasteiger partial charge on any atom is -0.280 e. The van der Waals surface area contributed by atoms with Crippen molar-refractivity contribution in [1.29, 1.82) is 0 Å². The molecular formula is C17H19BrClNO2S. The van der Waals surface area contributed by atoms with Crippen LogP contribution in [0.1, 0.15) is 27.8 Å². The fourth-order valence-corrected chi connectivity index (χ4v) is 4.71. The number of hydrogen-bond acceptors (Lipinski definition) is 2. The number of anilines is 1. The zero-order chi connectivity index (χ0) is 17.5. The highest BCUT2D eigenvalue weighted by molar-refractivity contribution is 9.10. The summed E-state index contributed by atoms with van der Waals surface area (Å²) in [6, 6.07) is 4.97. The van der Waals surface area contributed by atoms with Gasteiger partial charge in [-0.25, -0.2) is 8.42 Å². The SMILES string of the molecule is Cc1c(C)c(C)c(S(=O)(=O)Nc2ccc(Br)c(Cl)c2)c(C)c1C. The van der Waals surface area contributed by atoms with Crippen LogP contribution in [0, 0.1) is 34.6 Å². The minimum atomic E-state index is -3.69. The molecule has 0 unspecified atom stereocenters. The highest BCUT2D eigenvalue weighted by Crippen LogP contribution is 2.32. The van der Waals surface area contributed by atoms with Gasteiger partial charge in [0.2, 0.25) is 0 Å². The van der Waals surface area contributed by atoms with Crippen molar-refractivity contribution in [2.75, 3.05) is 4.72 Å². The minimum absolute atomic E-state index is 0.345. The fourth-order valence-electron chi connectivity index (χ4n) is 2.63. The summed E-state index contributed by atoms with van der Waals surface area (Å²) in [5, 5.41) is 0.454. The van der Waals surface area contributed by atoms with Crippen LogP contribution in [-0.4, -0.2) is 8.42 Å². The van der Waals surface area contributed by atoms with E-state index in [4.69, 9.17) is 11.6 Å². The van der Waals surface area contributed by atoms with E-state index in [-0.39, 0.29) is 0 Å². The van der Waals surface area contributed by atoms with Crippen molar-refractivity contribution >= 4 is 43.2 Å². The monoisotopic (exact) mass is 415 g/mol. The molecule has 23 heavy (non-hydrogen) atoms. The Morgan fingerprint density at radius 1 is 0.913 bits per heavy atom. The van der Waals surface area contributed by atoms with Crippen LogP contribution in [0.25, 0.3) is 0 Å². The third-order valence-electron chi connectivity index (χ3n) is 4.37. The second-order valence-electron chi connectivity index (χ2n) is 5.69. The molecule has 0 saturated heterocycles. The molecule has 0 spiro atoms. The number of rotatable bonds is 3. The number of nitrogens with one attached hydrogen (secondary N) is 1. The normalized spacial score (nSPS) is 11.6. The molecule has 2 rings (SSSR count). The average Bonchev–Trinajstić information content (AvgIpc) is 2.46. The van der Waals surface area contributed by atoms with Gasteiger partial charge in [0, 0.05) is 4.47 Å². The van der Waals surface area contributed by atoms with Crippen LogP contribution in [0.4, 0.5) is 5.69 Å². The van der Waals surface area contributed by atoms with Crippen LogP contribution < -0.4 is 4.72 Å². The predicted octanol–water partition coefficient (Wildman–Crippen LogP) is 5.45. The second-order valence-corrected chi connectivity index (χ2v) is 8.57. The molecular weight excluding hydrogens is 398 g/mol. The quantitative estimate of drug-likeness (QED) is 0.723. The van der Waals surface area contributed by atoms with E-state index in [9.17, 15) is 8.42 Å². The van der Waals surface area contributed by atoms with Crippen LogP contribution in [0.3, 0.4) is 0 Å². The molecule has 6 heteroatoms. The van der Waals surface area contributed by atoms with E-state index in [1.165, 1.54) is 0 Å². The van der Waals surface area contributed by atoms with Gasteiger partial charge in [-0.2, -0.15) is 0 Å². The molecule has 1 N–H and O–H groups in total. The molecule has 0 radical (unpaired) electrons. The van der Waals surface area contributed by atoms with E-state index in [1.807, 2.05) is 34.6 Å². The zero-order valence-electron chi connectivity index (χ0n) is 13.7. The Morgan fingerprint density at radius 2 is 1.39 bits per heavy atom. The lowest BCUT2D eigenvalue weighted by atomic mass is 9.95. The zero-order valence-corrected chi connectivity index (χ0v) is 16.9. The highest BCUT2D eigenvalue weighted by atomic mass is 79.9. The van der Waals surface area contributed by atoms with Gasteiger partial charge in [0.25, 0.3) is 10.0 Å². The Balaban J connectivity index is 2.58. The molecule has 0 aliphatic heterocycles. The van der Waals surface area contributed by atoms with Crippen molar-refractivity contribution in [3.05, 3.63) is 55.5 Å². The number of benzene rings is 2. The first kappa shape index (κ1) is 18.3. The lowest BCUT2D eigenvalue weighted by Gasteiger charge is -2.19. The Hall–Kier alpha value is -1.04. The summed E-state index contributed by atoms with van der Waals surface area (Å²) in [6.45, 7) is 9.61. The van der Waals surface area contributed by atoms with Gasteiger partial charge in [-0.05, 0) is 96.6 Å². The van der Waals surface area contributed by atoms with E-state index in [0.717, 1.165) is 32.3 Å². The van der Waals surface area contributed by atoms with Gasteiger partial charge in [0.1, 0.15) is 0 Å². The number of sulfonamides is 1. The van der Waals surface area contributed by atoms with Crippen LogP contribution in [0.15, 0.2) is 27.6 Å². The summed E-state index contributed by atoms with van der Waals surface area (Å²) in [7, 11) is -3.69. The maximum Gasteiger partial charge on any atom is 0.262 e. The molecule has 0 fully saturated rings. The van der Waals surface area contributed by atoms with Crippen molar-refractivity contribution in [3.8, 4) is 0 Å². The topological polar surface area (TPSA) is 46.2 Å². The van der Waals surface area contributed by atoms with Crippen molar-refractivity contribution in [1.82, 2.24) is 0 Å². The van der Waals surface area contributed by atoms with Crippen LogP contribution in [0.2, 0.25) is 5.02 Å². The van der Waals surface area contributed by atoms with Gasteiger partial charge in [-0.15, -0.1) is 0 Å². The third kappa shape index (κ3) is 3.42. The van der Waals surface area contributed by atoms with Crippen LogP contribution >= 0.6 is 27.5 Å². The summed E-state index contributed by atoms with van der Waals surface area (Å²) in [4.78, 5) is 0.345. The number of hydrogen-bond donors (Lipinski definition) is 1. The summed E-state index contributed by atoms with van der Waals surface area (Å²) in [5.41, 5.74) is 5.13. The van der Waals surface area contributed by atoms with Gasteiger partial charge in [-0.3, -0.25) is 4.72 Å². The fraction of sp³-hybridized carbons (Fsp3) is 0.294. The molecule has 0 saturated carbocycles. The molecule has 0 bridgehead atoms. The lowest BCUT2D eigenvalue weighted by Crippen LogP contribution is -2.17. The lowest BCUT2D eigenvalue weighted by molar-refractivity contribution is 0.599. The van der Waals surface area contributed by atoms with Gasteiger partial charge < -0.3 is 0 Å². The first-order chi connectivity index (χ1) is 10.6. The molecule has 0 aliphatic rings. The first-order valence-electron chi connectivity index (χ1n) is 7.11. The summed E-state index contributed by atoms with van der Waals surface area (Å²) >= 11 is 9.34. The Bertz CT molecular complexity index is 863. The number of halogens is 2. The van der Waals surface area contributed by atoms with Gasteiger partial charge >= 0.3 is 0 Å². The van der Waals surface area contributed by atoms with Gasteiger partial charge in [0.15, 0.2) is 0 Å². The Labute approximate surface area is 151 Å². The molecule has 0 atom stereocenters. The molecule has 0 aromatic heterocycles. The largest absolute Gasteiger partial charge is 0.280 e. The smallest absolute Gasteiger partial charge is 0.262 e. The van der Waals surface area contributed by atoms with E-state index >= 15 is 0 Å². The predicted molar refractivity (Wildman–Crippen MR) is 100 cm³/mol. The maximum atomic E-state index is 12.9. The van der Waals surface area contributed by atoms with Crippen molar-refractivity contribution in [3.63, 3.8) is 0 Å². The second kappa shape index (κ2) is 6.46. The van der Waals surface area contributed by atoms with E-state index < -0.39 is 10.0 Å². The Morgan fingerprint density at radius 3 is 1.87 bits per heavy atom. The Kier molecular flexibility index (Phi) is 5.14. The van der Waals surface area contributed by atoms with Crippen molar-refractivity contribution in [2.24, 2.45) is 0 Å². The summed E-state index contributed by atoms with van der Waals surface area (Å²) in [5.74, 6) is 0. The van der Waals surface area contributed by atoms with Gasteiger partial charge in [0.05, 0.1) is 15.6 Å². The third-order valence-corrected chi connectivity index (χ3v) is 7.26. The highest BCUT2D eigenvalue weighted by Gasteiger charge is 2.23. The van der Waals surface area contributed by atoms with Crippen LogP contribution in [-0.2, 0) is 10.0 Å². The van der Waals surface area contributed by atoms with E-state index in [2.05, 4.69) is 20.7 Å². The van der Waals surface area contributed by atoms with Crippen molar-refractivity contribution in [2.45, 2.75) is 39.5 Å². The van der Waals surface area contributed by atoms with Crippen LogP contribution in [0.5, 0.6) is 0 Å². The maximum absolute atomic E-state index is 12.9. The van der Waals surface area contributed by atoms with Gasteiger partial charge in [-0.1, -0.05) is 11.6 Å². The molecule has 0 amide bonds. The molecule has 124 valence electrons. The summed E-state index contributed by atoms with van der Waals surface area (Å²) < 4.78 is 29.1.